The molecule has 1 aromatic heterocycles. The predicted octanol–water partition coefficient (Wildman–Crippen LogP) is 2.25. The quantitative estimate of drug-likeness (QED) is 0.769. The molecule has 2 heterocycles. The van der Waals surface area contributed by atoms with Crippen molar-refractivity contribution < 1.29 is 9.53 Å². The molecule has 1 aromatic rings. The minimum Gasteiger partial charge on any atom is -0.463 e. The molecule has 0 aliphatic carbocycles. The summed E-state index contributed by atoms with van der Waals surface area (Å²) in [5.41, 5.74) is 1.18. The number of ether oxygens (including phenoxy) is 1. The molecule has 0 saturated carbocycles. The normalized spacial score (nSPS) is 16.9. The van der Waals surface area contributed by atoms with E-state index in [9.17, 15) is 4.79 Å². The highest BCUT2D eigenvalue weighted by Gasteiger charge is 2.26. The van der Waals surface area contributed by atoms with Crippen LogP contribution in [0.3, 0.4) is 0 Å². The van der Waals surface area contributed by atoms with Gasteiger partial charge < -0.3 is 9.64 Å². The fourth-order valence-electron chi connectivity index (χ4n) is 2.26. The third-order valence-corrected chi connectivity index (χ3v) is 3.21. The Hall–Kier alpha value is -1.58. The monoisotopic (exact) mass is 248 g/mol. The number of anilines is 1. The van der Waals surface area contributed by atoms with Crippen LogP contribution in [0.25, 0.3) is 0 Å². The molecule has 0 atom stereocenters. The van der Waals surface area contributed by atoms with Crippen molar-refractivity contribution >= 4 is 11.7 Å². The molecule has 0 N–H and O–H groups in total. The van der Waals surface area contributed by atoms with Crippen LogP contribution in [0.5, 0.6) is 0 Å². The van der Waals surface area contributed by atoms with E-state index in [1.54, 1.807) is 12.4 Å². The molecule has 18 heavy (non-hydrogen) atoms. The molecule has 0 aromatic carbocycles. The van der Waals surface area contributed by atoms with Gasteiger partial charge in [0.25, 0.3) is 0 Å². The molecule has 1 fully saturated rings. The second kappa shape index (κ2) is 5.85. The molecule has 1 aliphatic rings. The van der Waals surface area contributed by atoms with Crippen molar-refractivity contribution in [2.24, 2.45) is 5.92 Å². The molecule has 0 radical (unpaired) electrons. The van der Waals surface area contributed by atoms with Crippen LogP contribution in [0.4, 0.5) is 5.69 Å². The molecular weight excluding hydrogens is 228 g/mol. The zero-order chi connectivity index (χ0) is 13.0. The van der Waals surface area contributed by atoms with Crippen molar-refractivity contribution in [1.82, 2.24) is 4.98 Å². The van der Waals surface area contributed by atoms with E-state index in [2.05, 4.69) is 9.88 Å². The fraction of sp³-hybridized carbons (Fsp3) is 0.571. The maximum atomic E-state index is 11.8. The number of pyridine rings is 1. The first-order chi connectivity index (χ1) is 8.66. The van der Waals surface area contributed by atoms with Gasteiger partial charge in [-0.15, -0.1) is 0 Å². The lowest BCUT2D eigenvalue weighted by atomic mass is 9.96. The van der Waals surface area contributed by atoms with E-state index < -0.39 is 0 Å². The van der Waals surface area contributed by atoms with Gasteiger partial charge in [0.2, 0.25) is 0 Å². The number of rotatable bonds is 3. The molecule has 0 amide bonds. The minimum atomic E-state index is -0.0422. The third-order valence-electron chi connectivity index (χ3n) is 3.21. The van der Waals surface area contributed by atoms with Crippen molar-refractivity contribution in [3.05, 3.63) is 24.5 Å². The summed E-state index contributed by atoms with van der Waals surface area (Å²) < 4.78 is 5.26. The van der Waals surface area contributed by atoms with Crippen LogP contribution < -0.4 is 4.90 Å². The Morgan fingerprint density at radius 1 is 1.33 bits per heavy atom. The number of nitrogens with zero attached hydrogens (tertiary/aromatic N) is 2. The van der Waals surface area contributed by atoms with Gasteiger partial charge >= 0.3 is 5.97 Å². The predicted molar refractivity (Wildman–Crippen MR) is 70.4 cm³/mol. The van der Waals surface area contributed by atoms with E-state index in [-0.39, 0.29) is 18.0 Å². The summed E-state index contributed by atoms with van der Waals surface area (Å²) in [4.78, 5) is 18.1. The second-order valence-electron chi connectivity index (χ2n) is 4.95. The summed E-state index contributed by atoms with van der Waals surface area (Å²) in [6.07, 6.45) is 5.32. The fourth-order valence-corrected chi connectivity index (χ4v) is 2.26. The lowest BCUT2D eigenvalue weighted by molar-refractivity contribution is -0.153. The molecule has 0 spiro atoms. The second-order valence-corrected chi connectivity index (χ2v) is 4.95. The largest absolute Gasteiger partial charge is 0.463 e. The standard InChI is InChI=1S/C14H20N2O2/c1-11(2)18-14(17)12-5-9-16(10-6-12)13-3-7-15-8-4-13/h3-4,7-8,11-12H,5-6,9-10H2,1-2H3. The molecule has 98 valence electrons. The highest BCUT2D eigenvalue weighted by atomic mass is 16.5. The third kappa shape index (κ3) is 3.22. The van der Waals surface area contributed by atoms with Crippen molar-refractivity contribution in [2.75, 3.05) is 18.0 Å². The van der Waals surface area contributed by atoms with Crippen molar-refractivity contribution in [1.29, 1.82) is 0 Å². The Morgan fingerprint density at radius 2 is 1.94 bits per heavy atom. The maximum Gasteiger partial charge on any atom is 0.309 e. The van der Waals surface area contributed by atoms with Gasteiger partial charge in [-0.3, -0.25) is 9.78 Å². The van der Waals surface area contributed by atoms with Crippen LogP contribution in [-0.4, -0.2) is 30.1 Å². The Kier molecular flexibility index (Phi) is 4.18. The average molecular weight is 248 g/mol. The smallest absolute Gasteiger partial charge is 0.309 e. The van der Waals surface area contributed by atoms with Crippen LogP contribution in [-0.2, 0) is 9.53 Å². The summed E-state index contributed by atoms with van der Waals surface area (Å²) in [7, 11) is 0. The first-order valence-corrected chi connectivity index (χ1v) is 6.52. The van der Waals surface area contributed by atoms with Gasteiger partial charge in [-0.05, 0) is 38.8 Å². The highest BCUT2D eigenvalue weighted by molar-refractivity contribution is 5.73. The first kappa shape index (κ1) is 12.9. The molecule has 0 bridgehead atoms. The van der Waals surface area contributed by atoms with Crippen LogP contribution in [0, 0.1) is 5.92 Å². The summed E-state index contributed by atoms with van der Waals surface area (Å²) in [6, 6.07) is 4.01. The highest BCUT2D eigenvalue weighted by Crippen LogP contribution is 2.23. The zero-order valence-electron chi connectivity index (χ0n) is 11.0. The number of esters is 1. The number of hydrogen-bond donors (Lipinski definition) is 0. The van der Waals surface area contributed by atoms with E-state index in [4.69, 9.17) is 4.74 Å². The Morgan fingerprint density at radius 3 is 2.50 bits per heavy atom. The van der Waals surface area contributed by atoms with Gasteiger partial charge in [0.1, 0.15) is 0 Å². The number of carbonyl (C=O) groups is 1. The van der Waals surface area contributed by atoms with Gasteiger partial charge in [-0.25, -0.2) is 0 Å². The van der Waals surface area contributed by atoms with Gasteiger partial charge in [0.05, 0.1) is 12.0 Å². The number of aromatic nitrogens is 1. The lowest BCUT2D eigenvalue weighted by Gasteiger charge is -2.32. The molecule has 4 nitrogen and oxygen atoms in total. The van der Waals surface area contributed by atoms with E-state index in [1.807, 2.05) is 26.0 Å². The van der Waals surface area contributed by atoms with E-state index in [1.165, 1.54) is 5.69 Å². The lowest BCUT2D eigenvalue weighted by Crippen LogP contribution is -2.37. The van der Waals surface area contributed by atoms with Crippen molar-refractivity contribution in [3.63, 3.8) is 0 Å². The number of piperidine rings is 1. The van der Waals surface area contributed by atoms with Crippen LogP contribution in [0.1, 0.15) is 26.7 Å². The molecule has 0 unspecified atom stereocenters. The van der Waals surface area contributed by atoms with Gasteiger partial charge in [0.15, 0.2) is 0 Å². The summed E-state index contributed by atoms with van der Waals surface area (Å²) in [5.74, 6) is 0.0184. The van der Waals surface area contributed by atoms with E-state index in [0.29, 0.717) is 0 Å². The van der Waals surface area contributed by atoms with E-state index >= 15 is 0 Å². The maximum absolute atomic E-state index is 11.8. The summed E-state index contributed by atoms with van der Waals surface area (Å²) in [5, 5.41) is 0. The van der Waals surface area contributed by atoms with Crippen LogP contribution >= 0.6 is 0 Å². The topological polar surface area (TPSA) is 42.4 Å². The Balaban J connectivity index is 1.87. The van der Waals surface area contributed by atoms with Crippen LogP contribution in [0.2, 0.25) is 0 Å². The number of hydrogen-bond acceptors (Lipinski definition) is 4. The zero-order valence-corrected chi connectivity index (χ0v) is 11.0. The van der Waals surface area contributed by atoms with Gasteiger partial charge in [0, 0.05) is 31.2 Å². The van der Waals surface area contributed by atoms with Crippen molar-refractivity contribution in [3.8, 4) is 0 Å². The molecule has 1 saturated heterocycles. The molecular formula is C14H20N2O2. The number of carbonyl (C=O) groups excluding carboxylic acids is 1. The van der Waals surface area contributed by atoms with Crippen LogP contribution in [0.15, 0.2) is 24.5 Å². The Bertz CT molecular complexity index is 384. The summed E-state index contributed by atoms with van der Waals surface area (Å²) >= 11 is 0. The Labute approximate surface area is 108 Å². The molecule has 1 aliphatic heterocycles. The minimum absolute atomic E-state index is 0.0178. The van der Waals surface area contributed by atoms with Gasteiger partial charge in [-0.2, -0.15) is 0 Å². The van der Waals surface area contributed by atoms with E-state index in [0.717, 1.165) is 25.9 Å². The molecule has 4 heteroatoms. The van der Waals surface area contributed by atoms with Gasteiger partial charge in [-0.1, -0.05) is 0 Å². The van der Waals surface area contributed by atoms with Crippen molar-refractivity contribution in [2.45, 2.75) is 32.8 Å². The first-order valence-electron chi connectivity index (χ1n) is 6.52. The summed E-state index contributed by atoms with van der Waals surface area (Å²) in [6.45, 7) is 5.59. The molecule has 2 rings (SSSR count). The SMILES string of the molecule is CC(C)OC(=O)C1CCN(c2ccncc2)CC1. The average Bonchev–Trinajstić information content (AvgIpc) is 2.39.